The Labute approximate surface area is 171 Å². The van der Waals surface area contributed by atoms with Crippen molar-refractivity contribution in [2.24, 2.45) is 11.8 Å². The summed E-state index contributed by atoms with van der Waals surface area (Å²) in [5.74, 6) is -2.25. The average molecular weight is 413 g/mol. The van der Waals surface area contributed by atoms with Gasteiger partial charge in [-0.05, 0) is 25.7 Å². The first kappa shape index (κ1) is 22.8. The number of ether oxygens (including phenoxy) is 2. The van der Waals surface area contributed by atoms with Crippen LogP contribution in [0.1, 0.15) is 66.7 Å². The second kappa shape index (κ2) is 8.89. The van der Waals surface area contributed by atoms with Crippen molar-refractivity contribution in [1.82, 2.24) is 0 Å². The van der Waals surface area contributed by atoms with Gasteiger partial charge in [-0.15, -0.1) is 11.8 Å². The van der Waals surface area contributed by atoms with E-state index in [2.05, 4.69) is 12.2 Å². The minimum atomic E-state index is -1.19. The summed E-state index contributed by atoms with van der Waals surface area (Å²) in [7, 11) is 0. The van der Waals surface area contributed by atoms with Gasteiger partial charge in [-0.1, -0.05) is 39.8 Å². The van der Waals surface area contributed by atoms with Crippen LogP contribution in [0.25, 0.3) is 0 Å². The van der Waals surface area contributed by atoms with Crippen LogP contribution < -0.4 is 0 Å². The topological polar surface area (TPSA) is 89.9 Å². The van der Waals surface area contributed by atoms with Crippen LogP contribution in [0.2, 0.25) is 0 Å². The first-order chi connectivity index (χ1) is 13.2. The van der Waals surface area contributed by atoms with Gasteiger partial charge in [0, 0.05) is 29.3 Å². The van der Waals surface area contributed by atoms with Gasteiger partial charge in [-0.25, -0.2) is 0 Å². The molecule has 1 saturated heterocycles. The molecule has 2 rings (SSSR count). The normalized spacial score (nSPS) is 26.3. The molecule has 28 heavy (non-hydrogen) atoms. The van der Waals surface area contributed by atoms with Gasteiger partial charge in [0.2, 0.25) is 0 Å². The first-order valence-corrected chi connectivity index (χ1v) is 11.1. The van der Waals surface area contributed by atoms with Gasteiger partial charge in [0.25, 0.3) is 0 Å². The molecule has 2 heterocycles. The number of fused-ring (bicyclic) bond motifs is 2. The molecule has 4 atom stereocenters. The maximum absolute atomic E-state index is 12.3. The molecule has 7 heteroatoms. The van der Waals surface area contributed by atoms with E-state index in [9.17, 15) is 14.4 Å². The van der Waals surface area contributed by atoms with Crippen LogP contribution in [0.4, 0.5) is 0 Å². The van der Waals surface area contributed by atoms with E-state index < -0.39 is 29.6 Å². The summed E-state index contributed by atoms with van der Waals surface area (Å²) in [6, 6.07) is 0. The standard InChI is InChI=1S/C21H32O6S/c1-6-20(7-2,26-13(5)22)18-14-10-11-15(28-14)19(18)21(8-3,9-4)27-17(25)12-16(23)24/h10-11,14-15,18-19H,6-9,12H2,1-5H3,(H,23,24). The minimum Gasteiger partial charge on any atom is -0.481 e. The van der Waals surface area contributed by atoms with Crippen LogP contribution in [0.5, 0.6) is 0 Å². The van der Waals surface area contributed by atoms with E-state index in [4.69, 9.17) is 14.6 Å². The number of thioether (sulfide) groups is 1. The fourth-order valence-corrected chi connectivity index (χ4v) is 7.00. The van der Waals surface area contributed by atoms with Crippen LogP contribution in [0, 0.1) is 11.8 Å². The van der Waals surface area contributed by atoms with Gasteiger partial charge in [0.15, 0.2) is 0 Å². The molecule has 0 aromatic carbocycles. The molecule has 0 radical (unpaired) electrons. The lowest BCUT2D eigenvalue weighted by molar-refractivity contribution is -0.189. The number of hydrogen-bond donors (Lipinski definition) is 1. The summed E-state index contributed by atoms with van der Waals surface area (Å²) in [6.45, 7) is 9.44. The number of esters is 2. The quantitative estimate of drug-likeness (QED) is 0.330. The molecule has 0 aliphatic carbocycles. The van der Waals surface area contributed by atoms with Gasteiger partial charge in [0.1, 0.15) is 17.6 Å². The highest BCUT2D eigenvalue weighted by atomic mass is 32.2. The monoisotopic (exact) mass is 412 g/mol. The molecule has 2 bridgehead atoms. The molecule has 158 valence electrons. The number of carboxylic acid groups (broad SMARTS) is 1. The Morgan fingerprint density at radius 2 is 1.32 bits per heavy atom. The second-order valence-corrected chi connectivity index (χ2v) is 9.04. The van der Waals surface area contributed by atoms with Crippen molar-refractivity contribution in [2.45, 2.75) is 88.4 Å². The smallest absolute Gasteiger partial charge is 0.317 e. The number of carboxylic acids is 1. The van der Waals surface area contributed by atoms with E-state index in [-0.39, 0.29) is 28.3 Å². The van der Waals surface area contributed by atoms with E-state index in [1.54, 1.807) is 0 Å². The van der Waals surface area contributed by atoms with Gasteiger partial charge < -0.3 is 14.6 Å². The van der Waals surface area contributed by atoms with Crippen LogP contribution in [0.3, 0.4) is 0 Å². The molecular formula is C21H32O6S. The number of aliphatic carboxylic acids is 1. The molecule has 0 saturated carbocycles. The largest absolute Gasteiger partial charge is 0.481 e. The summed E-state index contributed by atoms with van der Waals surface area (Å²) in [4.78, 5) is 35.2. The maximum atomic E-state index is 12.3. The summed E-state index contributed by atoms with van der Waals surface area (Å²) < 4.78 is 11.8. The third-order valence-electron chi connectivity index (χ3n) is 6.47. The highest BCUT2D eigenvalue weighted by Gasteiger charge is 2.62. The zero-order valence-electron chi connectivity index (χ0n) is 17.4. The van der Waals surface area contributed by atoms with Crippen molar-refractivity contribution in [1.29, 1.82) is 0 Å². The van der Waals surface area contributed by atoms with Crippen molar-refractivity contribution >= 4 is 29.7 Å². The fraction of sp³-hybridized carbons (Fsp3) is 0.762. The predicted octanol–water partition coefficient (Wildman–Crippen LogP) is 3.97. The Bertz CT molecular complexity index is 635. The van der Waals surface area contributed by atoms with Crippen molar-refractivity contribution < 1.29 is 29.0 Å². The Hall–Kier alpha value is -1.50. The molecule has 4 unspecified atom stereocenters. The minimum absolute atomic E-state index is 0.00364. The zero-order valence-corrected chi connectivity index (χ0v) is 18.2. The summed E-state index contributed by atoms with van der Waals surface area (Å²) >= 11 is 1.82. The molecule has 1 N–H and O–H groups in total. The van der Waals surface area contributed by atoms with Crippen molar-refractivity contribution in [3.05, 3.63) is 12.2 Å². The second-order valence-electron chi connectivity index (χ2n) is 7.68. The van der Waals surface area contributed by atoms with E-state index in [1.807, 2.05) is 39.5 Å². The lowest BCUT2D eigenvalue weighted by Crippen LogP contribution is -2.56. The van der Waals surface area contributed by atoms with E-state index in [0.29, 0.717) is 25.7 Å². The Balaban J connectivity index is 2.48. The van der Waals surface area contributed by atoms with Crippen LogP contribution in [0.15, 0.2) is 12.2 Å². The van der Waals surface area contributed by atoms with Gasteiger partial charge in [-0.3, -0.25) is 14.4 Å². The third kappa shape index (κ3) is 4.09. The lowest BCUT2D eigenvalue weighted by atomic mass is 9.62. The van der Waals surface area contributed by atoms with Crippen molar-refractivity contribution in [2.75, 3.05) is 0 Å². The van der Waals surface area contributed by atoms with E-state index in [1.165, 1.54) is 6.92 Å². The number of carbonyl (C=O) groups excluding carboxylic acids is 2. The molecular weight excluding hydrogens is 380 g/mol. The molecule has 6 nitrogen and oxygen atoms in total. The SMILES string of the molecule is CCC(CC)(OC(C)=O)C1C2C=CC(S2)C1C(CC)(CC)OC(=O)CC(=O)O. The van der Waals surface area contributed by atoms with Crippen molar-refractivity contribution in [3.8, 4) is 0 Å². The van der Waals surface area contributed by atoms with Gasteiger partial charge in [-0.2, -0.15) is 0 Å². The molecule has 2 aliphatic rings. The van der Waals surface area contributed by atoms with E-state index in [0.717, 1.165) is 0 Å². The van der Waals surface area contributed by atoms with Gasteiger partial charge >= 0.3 is 17.9 Å². The molecule has 2 aliphatic heterocycles. The Kier molecular flexibility index (Phi) is 7.23. The Morgan fingerprint density at radius 1 is 0.893 bits per heavy atom. The molecule has 0 amide bonds. The molecule has 0 aromatic heterocycles. The molecule has 0 spiro atoms. The third-order valence-corrected chi connectivity index (χ3v) is 8.00. The predicted molar refractivity (Wildman–Crippen MR) is 108 cm³/mol. The summed E-state index contributed by atoms with van der Waals surface area (Å²) in [6.07, 6.45) is 6.20. The van der Waals surface area contributed by atoms with Gasteiger partial charge in [0.05, 0.1) is 0 Å². The average Bonchev–Trinajstić information content (AvgIpc) is 3.25. The zero-order chi connectivity index (χ0) is 21.1. The maximum Gasteiger partial charge on any atom is 0.317 e. The molecule has 1 fully saturated rings. The van der Waals surface area contributed by atoms with Crippen LogP contribution in [-0.4, -0.2) is 44.7 Å². The summed E-state index contributed by atoms with van der Waals surface area (Å²) in [5.41, 5.74) is -1.42. The van der Waals surface area contributed by atoms with Crippen LogP contribution in [-0.2, 0) is 23.9 Å². The number of rotatable bonds is 10. The fourth-order valence-electron chi connectivity index (χ4n) is 5.10. The highest BCUT2D eigenvalue weighted by molar-refractivity contribution is 8.01. The first-order valence-electron chi connectivity index (χ1n) is 10.2. The highest BCUT2D eigenvalue weighted by Crippen LogP contribution is 2.60. The lowest BCUT2D eigenvalue weighted by Gasteiger charge is -2.49. The van der Waals surface area contributed by atoms with Crippen molar-refractivity contribution in [3.63, 3.8) is 0 Å². The van der Waals surface area contributed by atoms with E-state index >= 15 is 0 Å². The molecule has 0 aromatic rings. The Morgan fingerprint density at radius 3 is 1.68 bits per heavy atom. The number of hydrogen-bond acceptors (Lipinski definition) is 6. The van der Waals surface area contributed by atoms with Crippen LogP contribution >= 0.6 is 11.8 Å². The number of carbonyl (C=O) groups is 3. The summed E-state index contributed by atoms with van der Waals surface area (Å²) in [5, 5.41) is 9.32.